The Labute approximate surface area is 393 Å². The maximum atomic E-state index is 9.71. The highest BCUT2D eigenvalue weighted by Crippen LogP contribution is 2.36. The number of fused-ring (bicyclic) bond motifs is 3. The van der Waals surface area contributed by atoms with E-state index in [0.29, 0.717) is 38.9 Å². The van der Waals surface area contributed by atoms with Crippen LogP contribution in [-0.4, -0.2) is 15.0 Å². The second-order valence-electron chi connectivity index (χ2n) is 15.4. The van der Waals surface area contributed by atoms with Crippen LogP contribution >= 0.6 is 0 Å². The van der Waals surface area contributed by atoms with Crippen LogP contribution in [0.15, 0.2) is 162 Å². The van der Waals surface area contributed by atoms with Crippen LogP contribution in [0.2, 0.25) is 0 Å². The Balaban J connectivity index is 1.20. The van der Waals surface area contributed by atoms with Gasteiger partial charge in [0.25, 0.3) is 0 Å². The molecule has 0 aliphatic carbocycles. The lowest BCUT2D eigenvalue weighted by molar-refractivity contribution is 0.669. The molecule has 0 aliphatic rings. The summed E-state index contributed by atoms with van der Waals surface area (Å²) in [6, 6.07) is 34.1. The molecule has 9 aromatic rings. The molecule has 0 amide bonds. The molecule has 0 radical (unpaired) electrons. The van der Waals surface area contributed by atoms with Crippen LogP contribution in [0, 0.1) is 11.3 Å². The van der Waals surface area contributed by atoms with E-state index < -0.39 is 66.7 Å². The molecule has 0 N–H and O–H groups in total. The zero-order chi connectivity index (χ0) is 57.6. The topological polar surface area (TPSA) is 75.6 Å². The van der Waals surface area contributed by atoms with Crippen LogP contribution in [0.4, 0.5) is 0 Å². The van der Waals surface area contributed by atoms with E-state index in [9.17, 15) is 21.7 Å². The van der Waals surface area contributed by atoms with Gasteiger partial charge in [0.15, 0.2) is 0 Å². The van der Waals surface area contributed by atoms with Crippen LogP contribution in [0.5, 0.6) is 0 Å². The molecular formula is C58H52N4O. The van der Waals surface area contributed by atoms with Crippen molar-refractivity contribution in [2.24, 2.45) is 0 Å². The summed E-state index contributed by atoms with van der Waals surface area (Å²) in [7, 11) is 0. The highest BCUT2D eigenvalue weighted by Gasteiger charge is 2.16. The van der Waals surface area contributed by atoms with Crippen LogP contribution in [-0.2, 0) is 38.2 Å². The number of aryl methyl sites for hydroxylation is 6. The summed E-state index contributed by atoms with van der Waals surface area (Å²) in [5.74, 6) is -3.09. The van der Waals surface area contributed by atoms with Crippen molar-refractivity contribution >= 4 is 21.9 Å². The zero-order valence-corrected chi connectivity index (χ0v) is 35.1. The molecule has 310 valence electrons. The van der Waals surface area contributed by atoms with Crippen LogP contribution < -0.4 is 0 Å². The molecule has 4 heterocycles. The molecule has 0 saturated carbocycles. The van der Waals surface area contributed by atoms with E-state index in [1.807, 2.05) is 6.07 Å². The Kier molecular flexibility index (Phi) is 7.71. The first kappa shape index (κ1) is 26.3. The summed E-state index contributed by atoms with van der Waals surface area (Å²) in [5, 5.41) is 10.5. The number of pyridine rings is 3. The monoisotopic (exact) mass is 837 g/mol. The van der Waals surface area contributed by atoms with Gasteiger partial charge in [0.2, 0.25) is 0 Å². The maximum absolute atomic E-state index is 9.71. The highest BCUT2D eigenvalue weighted by atomic mass is 16.3. The van der Waals surface area contributed by atoms with Gasteiger partial charge in [-0.05, 0) is 137 Å². The molecule has 0 unspecified atom stereocenters. The third kappa shape index (κ3) is 9.22. The number of para-hydroxylation sites is 1. The van der Waals surface area contributed by atoms with Gasteiger partial charge in [-0.1, -0.05) is 125 Å². The third-order valence-corrected chi connectivity index (χ3v) is 10.5. The lowest BCUT2D eigenvalue weighted by Gasteiger charge is -2.16. The summed E-state index contributed by atoms with van der Waals surface area (Å²) in [6.45, 7) is 6.00. The summed E-state index contributed by atoms with van der Waals surface area (Å²) >= 11 is 0. The Bertz CT molecular complexity index is 3720. The fourth-order valence-electron chi connectivity index (χ4n) is 7.30. The number of rotatable bonds is 14. The van der Waals surface area contributed by atoms with E-state index >= 15 is 0 Å². The van der Waals surface area contributed by atoms with Gasteiger partial charge in [0.05, 0.1) is 31.5 Å². The molecular weight excluding hydrogens is 769 g/mol. The molecule has 5 nitrogen and oxygen atoms in total. The first-order chi connectivity index (χ1) is 36.8. The normalized spacial score (nSPS) is 16.9. The molecule has 0 fully saturated rings. The van der Waals surface area contributed by atoms with Crippen molar-refractivity contribution in [3.63, 3.8) is 0 Å². The maximum Gasteiger partial charge on any atom is 0.144 e. The zero-order valence-electron chi connectivity index (χ0n) is 51.1. The SMILES string of the molecule is [2H]c1cc2c(oc3c(-c4ccc(C([2H])([2H])C([2H])([2H])c5cc(C([2H])([2H])C([2H])([2H])c6cnc(-c7ccccc7)cc6C([2H])(C)C)cc(C([2H])([2H])C([2H])([2H])c6cnc(-c7ccccc7)cc6C([2H])(C)C)c5)cn4)cccc32)c([2H])c1C#N. The molecule has 0 bridgehead atoms. The number of hydrogen-bond donors (Lipinski definition) is 0. The van der Waals surface area contributed by atoms with Crippen molar-refractivity contribution in [1.82, 2.24) is 15.0 Å². The molecule has 0 aliphatic heterocycles. The predicted octanol–water partition coefficient (Wildman–Crippen LogP) is 14.2. The molecule has 4 aromatic heterocycles. The number of nitrogens with zero attached hydrogens (tertiary/aromatic N) is 4. The molecule has 0 atom stereocenters. The van der Waals surface area contributed by atoms with E-state index in [-0.39, 0.29) is 62.3 Å². The minimum Gasteiger partial charge on any atom is -0.455 e. The fourth-order valence-corrected chi connectivity index (χ4v) is 7.30. The van der Waals surface area contributed by atoms with Gasteiger partial charge in [-0.2, -0.15) is 5.26 Å². The number of furan rings is 1. The van der Waals surface area contributed by atoms with Crippen molar-refractivity contribution < 1.29 is 26.3 Å². The van der Waals surface area contributed by atoms with Crippen molar-refractivity contribution in [1.29, 1.82) is 5.26 Å². The second-order valence-corrected chi connectivity index (χ2v) is 15.4. The number of hydrogen-bond acceptors (Lipinski definition) is 5. The van der Waals surface area contributed by atoms with Crippen molar-refractivity contribution in [3.05, 3.63) is 208 Å². The van der Waals surface area contributed by atoms with Gasteiger partial charge < -0.3 is 4.42 Å². The van der Waals surface area contributed by atoms with Gasteiger partial charge in [-0.3, -0.25) is 15.0 Å². The molecule has 5 aromatic carbocycles. The predicted molar refractivity (Wildman–Crippen MR) is 258 cm³/mol. The summed E-state index contributed by atoms with van der Waals surface area (Å²) in [5.41, 5.74) is -0.116. The first-order valence-corrected chi connectivity index (χ1v) is 20.4. The van der Waals surface area contributed by atoms with E-state index in [2.05, 4.69) is 15.0 Å². The van der Waals surface area contributed by atoms with E-state index in [4.69, 9.17) is 9.90 Å². The molecule has 0 saturated heterocycles. The molecule has 63 heavy (non-hydrogen) atoms. The smallest absolute Gasteiger partial charge is 0.144 e. The lowest BCUT2D eigenvalue weighted by atomic mass is 9.90. The lowest BCUT2D eigenvalue weighted by Crippen LogP contribution is -2.04. The van der Waals surface area contributed by atoms with Gasteiger partial charge in [-0.25, -0.2) is 0 Å². The van der Waals surface area contributed by atoms with Crippen LogP contribution in [0.25, 0.3) is 55.7 Å². The molecule has 9 rings (SSSR count). The summed E-state index contributed by atoms with van der Waals surface area (Å²) < 4.78 is 157. The Hall–Kier alpha value is -7.16. The average molecular weight is 837 g/mol. The fraction of sp³-hybridized carbons (Fsp3) is 0.207. The molecule has 0 spiro atoms. The summed E-state index contributed by atoms with van der Waals surface area (Å²) in [6.07, 6.45) is -15.8. The van der Waals surface area contributed by atoms with E-state index in [1.165, 1.54) is 58.0 Å². The third-order valence-electron chi connectivity index (χ3n) is 10.5. The van der Waals surface area contributed by atoms with Crippen molar-refractivity contribution in [3.8, 4) is 39.8 Å². The first-order valence-electron chi connectivity index (χ1n) is 28.4. The Morgan fingerprint density at radius 2 is 1.11 bits per heavy atom. The van der Waals surface area contributed by atoms with Gasteiger partial charge in [0, 0.05) is 65.2 Å². The van der Waals surface area contributed by atoms with Crippen LogP contribution in [0.1, 0.15) is 111 Å². The van der Waals surface area contributed by atoms with E-state index in [0.717, 1.165) is 36.8 Å². The second kappa shape index (κ2) is 18.4. The standard InChI is InChI=1S/C58H52N4O/c1-38(2)52-32-55(45-12-7-5-8-13-45)61-36-47(52)24-20-42-28-41(29-43(30-42)21-25-48-37-62-56(33-53(48)39(3)4)46-14-9-6-10-15-46)19-18-40-23-27-54(60-35-40)51-17-11-16-50-49-26-22-44(34-59)31-57(49)63-58(50)51/h5-17,22-23,26-33,35-39H,18-21,24-25H2,1-4H3/i18D2,19D2,20D2,21D2,22D,24D2,25D2,31D,38D,39D. The largest absolute Gasteiger partial charge is 0.455 e. The minimum atomic E-state index is -3.27. The number of nitriles is 1. The Morgan fingerprint density at radius 3 is 1.63 bits per heavy atom. The molecule has 5 heteroatoms. The van der Waals surface area contributed by atoms with E-state index in [1.54, 1.807) is 78.9 Å². The minimum absolute atomic E-state index is 0.0608. The average Bonchev–Trinajstić information content (AvgIpc) is 4.00. The highest BCUT2D eigenvalue weighted by molar-refractivity contribution is 6.09. The Morgan fingerprint density at radius 1 is 0.571 bits per heavy atom. The van der Waals surface area contributed by atoms with Gasteiger partial charge in [-0.15, -0.1) is 0 Å². The number of aromatic nitrogens is 3. The van der Waals surface area contributed by atoms with Crippen molar-refractivity contribution in [2.75, 3.05) is 0 Å². The summed E-state index contributed by atoms with van der Waals surface area (Å²) in [4.78, 5) is 13.5. The van der Waals surface area contributed by atoms with Gasteiger partial charge in [0.1, 0.15) is 11.2 Å². The van der Waals surface area contributed by atoms with Crippen LogP contribution in [0.3, 0.4) is 0 Å². The van der Waals surface area contributed by atoms with Gasteiger partial charge >= 0.3 is 0 Å². The number of benzene rings is 5. The quantitative estimate of drug-likeness (QED) is 0.109. The van der Waals surface area contributed by atoms with Crippen molar-refractivity contribution in [2.45, 2.75) is 77.7 Å².